The summed E-state index contributed by atoms with van der Waals surface area (Å²) in [7, 11) is 1.24. The summed E-state index contributed by atoms with van der Waals surface area (Å²) in [4.78, 5) is 25.7. The van der Waals surface area contributed by atoms with Crippen molar-refractivity contribution >= 4 is 18.0 Å². The van der Waals surface area contributed by atoms with Gasteiger partial charge in [-0.2, -0.15) is 0 Å². The molecule has 84 valence electrons. The maximum Gasteiger partial charge on any atom is 0.337 e. The van der Waals surface area contributed by atoms with E-state index in [4.69, 9.17) is 5.11 Å². The molecule has 1 aromatic heterocycles. The van der Waals surface area contributed by atoms with Crippen LogP contribution in [0.5, 0.6) is 0 Å². The van der Waals surface area contributed by atoms with E-state index in [0.717, 1.165) is 6.08 Å². The van der Waals surface area contributed by atoms with Crippen molar-refractivity contribution in [2.24, 2.45) is 0 Å². The summed E-state index contributed by atoms with van der Waals surface area (Å²) < 4.78 is 4.40. The lowest BCUT2D eigenvalue weighted by Gasteiger charge is -2.01. The third-order valence-electron chi connectivity index (χ3n) is 1.87. The first-order valence-electron chi connectivity index (χ1n) is 4.51. The van der Waals surface area contributed by atoms with Crippen molar-refractivity contribution < 1.29 is 19.4 Å². The Hall–Kier alpha value is -2.17. The number of carboxylic acid groups (broad SMARTS) is 1. The molecular formula is C11H11NO4. The number of aromatic nitrogens is 1. The van der Waals surface area contributed by atoms with Gasteiger partial charge in [-0.05, 0) is 25.1 Å². The Morgan fingerprint density at radius 1 is 1.44 bits per heavy atom. The monoisotopic (exact) mass is 221 g/mol. The van der Waals surface area contributed by atoms with Gasteiger partial charge >= 0.3 is 11.9 Å². The smallest absolute Gasteiger partial charge is 0.337 e. The Labute approximate surface area is 92.4 Å². The molecule has 0 bridgehead atoms. The number of ether oxygens (including phenoxy) is 1. The second-order valence-corrected chi connectivity index (χ2v) is 3.05. The van der Waals surface area contributed by atoms with Crippen LogP contribution in [0.15, 0.2) is 18.2 Å². The fourth-order valence-electron chi connectivity index (χ4n) is 1.10. The molecule has 0 radical (unpaired) electrons. The van der Waals surface area contributed by atoms with Gasteiger partial charge in [0.05, 0.1) is 18.4 Å². The van der Waals surface area contributed by atoms with Crippen LogP contribution in [-0.2, 0) is 9.53 Å². The molecule has 5 heteroatoms. The SMILES string of the molecule is COC(=O)C=Cc1nc(C)ccc1C(=O)O. The molecule has 0 aliphatic rings. The fraction of sp³-hybridized carbons (Fsp3) is 0.182. The largest absolute Gasteiger partial charge is 0.478 e. The van der Waals surface area contributed by atoms with Crippen molar-refractivity contribution in [2.45, 2.75) is 6.92 Å². The van der Waals surface area contributed by atoms with Crippen LogP contribution in [0.25, 0.3) is 6.08 Å². The number of aryl methyl sites for hydroxylation is 1. The van der Waals surface area contributed by atoms with Crippen LogP contribution in [0.2, 0.25) is 0 Å². The summed E-state index contributed by atoms with van der Waals surface area (Å²) in [6.45, 7) is 1.74. The minimum atomic E-state index is -1.09. The number of nitrogens with zero attached hydrogens (tertiary/aromatic N) is 1. The number of pyridine rings is 1. The number of hydrogen-bond acceptors (Lipinski definition) is 4. The van der Waals surface area contributed by atoms with Crippen LogP contribution >= 0.6 is 0 Å². The number of carbonyl (C=O) groups excluding carboxylic acids is 1. The normalized spacial score (nSPS) is 10.4. The standard InChI is InChI=1S/C11H11NO4/c1-7-3-4-8(11(14)15)9(12-7)5-6-10(13)16-2/h3-6H,1-2H3,(H,14,15). The van der Waals surface area contributed by atoms with Crippen molar-refractivity contribution in [3.8, 4) is 0 Å². The summed E-state index contributed by atoms with van der Waals surface area (Å²) in [5.41, 5.74) is 0.957. The van der Waals surface area contributed by atoms with Gasteiger partial charge in [-0.3, -0.25) is 4.98 Å². The zero-order chi connectivity index (χ0) is 12.1. The summed E-state index contributed by atoms with van der Waals surface area (Å²) in [6, 6.07) is 3.04. The van der Waals surface area contributed by atoms with Crippen LogP contribution in [0.4, 0.5) is 0 Å². The molecule has 0 unspecified atom stereocenters. The number of hydrogen-bond donors (Lipinski definition) is 1. The summed E-state index contributed by atoms with van der Waals surface area (Å²) in [6.07, 6.45) is 2.45. The van der Waals surface area contributed by atoms with Crippen LogP contribution in [-0.4, -0.2) is 29.1 Å². The quantitative estimate of drug-likeness (QED) is 0.614. The minimum absolute atomic E-state index is 0.0470. The molecule has 5 nitrogen and oxygen atoms in total. The molecule has 1 aromatic rings. The van der Waals surface area contributed by atoms with Crippen molar-refractivity contribution in [2.75, 3.05) is 7.11 Å². The van der Waals surface area contributed by atoms with E-state index in [1.807, 2.05) is 0 Å². The minimum Gasteiger partial charge on any atom is -0.478 e. The summed E-state index contributed by atoms with van der Waals surface area (Å²) in [5.74, 6) is -1.64. The van der Waals surface area contributed by atoms with Crippen molar-refractivity contribution in [3.05, 3.63) is 35.2 Å². The molecule has 1 heterocycles. The highest BCUT2D eigenvalue weighted by Gasteiger charge is 2.09. The molecule has 1 rings (SSSR count). The average molecular weight is 221 g/mol. The number of methoxy groups -OCH3 is 1. The van der Waals surface area contributed by atoms with E-state index in [2.05, 4.69) is 9.72 Å². The van der Waals surface area contributed by atoms with E-state index in [9.17, 15) is 9.59 Å². The summed E-state index contributed by atoms with van der Waals surface area (Å²) >= 11 is 0. The van der Waals surface area contributed by atoms with Gasteiger partial charge in [0.15, 0.2) is 0 Å². The second-order valence-electron chi connectivity index (χ2n) is 3.05. The molecular weight excluding hydrogens is 210 g/mol. The van der Waals surface area contributed by atoms with E-state index >= 15 is 0 Å². The molecule has 0 aliphatic heterocycles. The van der Waals surface area contributed by atoms with Gasteiger partial charge in [-0.1, -0.05) is 0 Å². The first-order valence-corrected chi connectivity index (χ1v) is 4.51. The molecule has 0 atom stereocenters. The second kappa shape index (κ2) is 5.06. The molecule has 1 N–H and O–H groups in total. The Morgan fingerprint density at radius 3 is 2.69 bits per heavy atom. The Balaban J connectivity index is 3.10. The number of carboxylic acids is 1. The fourth-order valence-corrected chi connectivity index (χ4v) is 1.10. The van der Waals surface area contributed by atoms with Crippen molar-refractivity contribution in [1.29, 1.82) is 0 Å². The predicted octanol–water partition coefficient (Wildman–Crippen LogP) is 1.27. The predicted molar refractivity (Wildman–Crippen MR) is 57.0 cm³/mol. The van der Waals surface area contributed by atoms with E-state index in [-0.39, 0.29) is 11.3 Å². The van der Waals surface area contributed by atoms with Crippen molar-refractivity contribution in [3.63, 3.8) is 0 Å². The molecule has 0 fully saturated rings. The van der Waals surface area contributed by atoms with E-state index < -0.39 is 11.9 Å². The highest BCUT2D eigenvalue weighted by molar-refractivity contribution is 5.93. The first kappa shape index (κ1) is 11.9. The van der Waals surface area contributed by atoms with Gasteiger partial charge in [0.25, 0.3) is 0 Å². The van der Waals surface area contributed by atoms with E-state index in [1.165, 1.54) is 19.3 Å². The Bertz CT molecular complexity index is 451. The van der Waals surface area contributed by atoms with Gasteiger partial charge in [0, 0.05) is 11.8 Å². The lowest BCUT2D eigenvalue weighted by molar-refractivity contribution is -0.134. The number of rotatable bonds is 3. The molecule has 0 amide bonds. The van der Waals surface area contributed by atoms with Crippen molar-refractivity contribution in [1.82, 2.24) is 4.98 Å². The molecule has 0 aromatic carbocycles. The lowest BCUT2D eigenvalue weighted by Crippen LogP contribution is -2.03. The Kier molecular flexibility index (Phi) is 3.77. The van der Waals surface area contributed by atoms with Crippen LogP contribution in [0, 0.1) is 6.92 Å². The third-order valence-corrected chi connectivity index (χ3v) is 1.87. The lowest BCUT2D eigenvalue weighted by atomic mass is 10.1. The zero-order valence-electron chi connectivity index (χ0n) is 8.93. The van der Waals surface area contributed by atoms with Gasteiger partial charge in [-0.25, -0.2) is 9.59 Å². The van der Waals surface area contributed by atoms with Gasteiger partial charge < -0.3 is 9.84 Å². The number of aromatic carboxylic acids is 1. The van der Waals surface area contributed by atoms with Crippen LogP contribution in [0.1, 0.15) is 21.7 Å². The van der Waals surface area contributed by atoms with Crippen LogP contribution in [0.3, 0.4) is 0 Å². The van der Waals surface area contributed by atoms with Gasteiger partial charge in [0.2, 0.25) is 0 Å². The summed E-state index contributed by atoms with van der Waals surface area (Å²) in [5, 5.41) is 8.89. The third kappa shape index (κ3) is 2.91. The highest BCUT2D eigenvalue weighted by atomic mass is 16.5. The maximum atomic E-state index is 10.9. The van der Waals surface area contributed by atoms with E-state index in [1.54, 1.807) is 13.0 Å². The van der Waals surface area contributed by atoms with Gasteiger partial charge in [0.1, 0.15) is 0 Å². The maximum absolute atomic E-state index is 10.9. The zero-order valence-corrected chi connectivity index (χ0v) is 8.93. The first-order chi connectivity index (χ1) is 7.54. The Morgan fingerprint density at radius 2 is 2.12 bits per heavy atom. The molecule has 0 saturated heterocycles. The number of carbonyl (C=O) groups is 2. The molecule has 16 heavy (non-hydrogen) atoms. The highest BCUT2D eigenvalue weighted by Crippen LogP contribution is 2.09. The molecule has 0 saturated carbocycles. The van der Waals surface area contributed by atoms with Crippen LogP contribution < -0.4 is 0 Å². The average Bonchev–Trinajstić information content (AvgIpc) is 2.25. The topological polar surface area (TPSA) is 76.5 Å². The molecule has 0 aliphatic carbocycles. The molecule has 0 spiro atoms. The number of esters is 1. The van der Waals surface area contributed by atoms with E-state index in [0.29, 0.717) is 5.69 Å². The van der Waals surface area contributed by atoms with Gasteiger partial charge in [-0.15, -0.1) is 0 Å².